The van der Waals surface area contributed by atoms with Gasteiger partial charge in [0.1, 0.15) is 4.83 Å². The zero-order chi connectivity index (χ0) is 18.8. The summed E-state index contributed by atoms with van der Waals surface area (Å²) in [6.45, 7) is 7.22. The van der Waals surface area contributed by atoms with Gasteiger partial charge in [-0.25, -0.2) is 4.98 Å². The van der Waals surface area contributed by atoms with Gasteiger partial charge in [-0.15, -0.1) is 11.3 Å². The summed E-state index contributed by atoms with van der Waals surface area (Å²) in [4.78, 5) is 31.7. The Bertz CT molecular complexity index is 1010. The van der Waals surface area contributed by atoms with E-state index in [-0.39, 0.29) is 17.9 Å². The van der Waals surface area contributed by atoms with Crippen LogP contribution in [0, 0.1) is 13.8 Å². The zero-order valence-electron chi connectivity index (χ0n) is 15.5. The molecular weight excluding hydrogens is 350 g/mol. The van der Waals surface area contributed by atoms with E-state index in [4.69, 9.17) is 4.74 Å². The maximum Gasteiger partial charge on any atom is 0.262 e. The number of aryl methyl sites for hydroxylation is 2. The lowest BCUT2D eigenvalue weighted by atomic mass is 10.1. The molecule has 0 bridgehead atoms. The Hall–Kier alpha value is -2.25. The molecule has 3 rings (SSSR count). The molecule has 7 heteroatoms. The summed E-state index contributed by atoms with van der Waals surface area (Å²) < 4.78 is 8.59. The highest BCUT2D eigenvalue weighted by molar-refractivity contribution is 7.18. The number of hydrogen-bond acceptors (Lipinski definition) is 5. The van der Waals surface area contributed by atoms with Gasteiger partial charge in [-0.3, -0.25) is 14.2 Å². The zero-order valence-corrected chi connectivity index (χ0v) is 16.4. The fourth-order valence-corrected chi connectivity index (χ4v) is 4.07. The van der Waals surface area contributed by atoms with Gasteiger partial charge in [-0.2, -0.15) is 0 Å². The van der Waals surface area contributed by atoms with Crippen molar-refractivity contribution in [3.63, 3.8) is 0 Å². The van der Waals surface area contributed by atoms with Gasteiger partial charge in [0.05, 0.1) is 24.9 Å². The number of ketones is 1. The minimum atomic E-state index is -0.160. The number of rotatable bonds is 7. The summed E-state index contributed by atoms with van der Waals surface area (Å²) in [7, 11) is 1.66. The molecule has 0 amide bonds. The van der Waals surface area contributed by atoms with Crippen LogP contribution in [0.15, 0.2) is 23.3 Å². The van der Waals surface area contributed by atoms with Crippen LogP contribution in [0.2, 0.25) is 0 Å². The molecule has 138 valence electrons. The predicted molar refractivity (Wildman–Crippen MR) is 103 cm³/mol. The molecule has 0 atom stereocenters. The van der Waals surface area contributed by atoms with Crippen LogP contribution in [-0.2, 0) is 24.2 Å². The van der Waals surface area contributed by atoms with Crippen molar-refractivity contribution < 1.29 is 9.53 Å². The summed E-state index contributed by atoms with van der Waals surface area (Å²) in [6.07, 6.45) is 2.34. The Morgan fingerprint density at radius 2 is 2.08 bits per heavy atom. The second-order valence-electron chi connectivity index (χ2n) is 6.32. The van der Waals surface area contributed by atoms with E-state index in [0.29, 0.717) is 24.1 Å². The Kier molecular flexibility index (Phi) is 5.38. The van der Waals surface area contributed by atoms with Crippen LogP contribution in [0.3, 0.4) is 0 Å². The average Bonchev–Trinajstić information content (AvgIpc) is 3.17. The lowest BCUT2D eigenvalue weighted by Crippen LogP contribution is -2.24. The number of hydrogen-bond donors (Lipinski definition) is 0. The molecule has 0 spiro atoms. The van der Waals surface area contributed by atoms with E-state index in [1.165, 1.54) is 22.2 Å². The standard InChI is InChI=1S/C19H23N3O3S/c1-5-14-9-16-18(26-14)20-11-21(19(16)24)10-17(23)15-8-12(2)22(13(15)3)6-7-25-4/h8-9,11H,5-7,10H2,1-4H3. The van der Waals surface area contributed by atoms with Gasteiger partial charge in [0.25, 0.3) is 5.56 Å². The average molecular weight is 373 g/mol. The molecule has 0 aliphatic rings. The van der Waals surface area contributed by atoms with Crippen molar-refractivity contribution in [2.45, 2.75) is 40.3 Å². The minimum absolute atomic E-state index is 0.00630. The lowest BCUT2D eigenvalue weighted by molar-refractivity contribution is 0.0969. The maximum absolute atomic E-state index is 12.8. The highest BCUT2D eigenvalue weighted by atomic mass is 32.1. The minimum Gasteiger partial charge on any atom is -0.383 e. The Labute approximate surface area is 156 Å². The van der Waals surface area contributed by atoms with Crippen molar-refractivity contribution in [3.8, 4) is 0 Å². The third-order valence-electron chi connectivity index (χ3n) is 4.62. The van der Waals surface area contributed by atoms with Gasteiger partial charge < -0.3 is 9.30 Å². The fourth-order valence-electron chi connectivity index (χ4n) is 3.15. The van der Waals surface area contributed by atoms with Crippen LogP contribution >= 0.6 is 11.3 Å². The molecule has 26 heavy (non-hydrogen) atoms. The molecule has 0 radical (unpaired) electrons. The van der Waals surface area contributed by atoms with Gasteiger partial charge in [-0.1, -0.05) is 6.92 Å². The molecule has 0 saturated carbocycles. The highest BCUT2D eigenvalue weighted by Gasteiger charge is 2.17. The van der Waals surface area contributed by atoms with Gasteiger partial charge in [0, 0.05) is 35.5 Å². The number of carbonyl (C=O) groups is 1. The van der Waals surface area contributed by atoms with Crippen molar-refractivity contribution >= 4 is 27.3 Å². The van der Waals surface area contributed by atoms with Crippen LogP contribution in [0.5, 0.6) is 0 Å². The first-order valence-electron chi connectivity index (χ1n) is 8.63. The molecule has 3 aromatic heterocycles. The van der Waals surface area contributed by atoms with Gasteiger partial charge in [-0.05, 0) is 32.4 Å². The number of carbonyl (C=O) groups excluding carboxylic acids is 1. The summed E-state index contributed by atoms with van der Waals surface area (Å²) in [5.74, 6) is -0.0871. The van der Waals surface area contributed by atoms with E-state index in [0.717, 1.165) is 27.5 Å². The number of fused-ring (bicyclic) bond motifs is 1. The van der Waals surface area contributed by atoms with E-state index in [1.54, 1.807) is 7.11 Å². The number of aromatic nitrogens is 3. The van der Waals surface area contributed by atoms with E-state index in [2.05, 4.69) is 9.55 Å². The van der Waals surface area contributed by atoms with Crippen LogP contribution in [0.4, 0.5) is 0 Å². The normalized spacial score (nSPS) is 11.4. The van der Waals surface area contributed by atoms with Crippen LogP contribution in [0.1, 0.15) is 33.5 Å². The van der Waals surface area contributed by atoms with E-state index in [9.17, 15) is 9.59 Å². The number of nitrogens with zero attached hydrogens (tertiary/aromatic N) is 3. The topological polar surface area (TPSA) is 66.1 Å². The molecular formula is C19H23N3O3S. The smallest absolute Gasteiger partial charge is 0.262 e. The van der Waals surface area contributed by atoms with Crippen molar-refractivity contribution in [1.29, 1.82) is 0 Å². The molecule has 3 heterocycles. The highest BCUT2D eigenvalue weighted by Crippen LogP contribution is 2.21. The van der Waals surface area contributed by atoms with Crippen LogP contribution < -0.4 is 5.56 Å². The first-order chi connectivity index (χ1) is 12.5. The van der Waals surface area contributed by atoms with Crippen molar-refractivity contribution in [1.82, 2.24) is 14.1 Å². The number of methoxy groups -OCH3 is 1. The van der Waals surface area contributed by atoms with Crippen molar-refractivity contribution in [2.24, 2.45) is 0 Å². The lowest BCUT2D eigenvalue weighted by Gasteiger charge is -2.09. The second kappa shape index (κ2) is 7.55. The third-order valence-corrected chi connectivity index (χ3v) is 5.81. The quantitative estimate of drug-likeness (QED) is 0.597. The number of thiophene rings is 1. The molecule has 0 saturated heterocycles. The van der Waals surface area contributed by atoms with E-state index >= 15 is 0 Å². The van der Waals surface area contributed by atoms with Crippen molar-refractivity contribution in [3.05, 3.63) is 50.6 Å². The molecule has 0 N–H and O–H groups in total. The monoisotopic (exact) mass is 373 g/mol. The van der Waals surface area contributed by atoms with Crippen LogP contribution in [-0.4, -0.2) is 33.6 Å². The Morgan fingerprint density at radius 3 is 2.77 bits per heavy atom. The van der Waals surface area contributed by atoms with E-state index < -0.39 is 0 Å². The Morgan fingerprint density at radius 1 is 1.31 bits per heavy atom. The van der Waals surface area contributed by atoms with E-state index in [1.807, 2.05) is 32.9 Å². The molecule has 0 aromatic carbocycles. The molecule has 0 unspecified atom stereocenters. The molecule has 6 nitrogen and oxygen atoms in total. The van der Waals surface area contributed by atoms with Gasteiger partial charge in [0.2, 0.25) is 0 Å². The molecule has 0 aliphatic heterocycles. The van der Waals surface area contributed by atoms with Gasteiger partial charge >= 0.3 is 0 Å². The molecule has 0 fully saturated rings. The summed E-state index contributed by atoms with van der Waals surface area (Å²) >= 11 is 1.53. The third kappa shape index (κ3) is 3.37. The largest absolute Gasteiger partial charge is 0.383 e. The molecule has 0 aliphatic carbocycles. The molecule has 3 aromatic rings. The maximum atomic E-state index is 12.8. The summed E-state index contributed by atoms with van der Waals surface area (Å²) in [5.41, 5.74) is 2.39. The summed E-state index contributed by atoms with van der Waals surface area (Å²) in [6, 6.07) is 3.76. The van der Waals surface area contributed by atoms with Gasteiger partial charge in [0.15, 0.2) is 5.78 Å². The first-order valence-corrected chi connectivity index (χ1v) is 9.44. The Balaban J connectivity index is 1.90. The number of Topliss-reactive ketones (excluding diaryl/α,β-unsaturated/α-hetero) is 1. The van der Waals surface area contributed by atoms with Crippen LogP contribution in [0.25, 0.3) is 10.2 Å². The summed E-state index contributed by atoms with van der Waals surface area (Å²) in [5, 5.41) is 0.590. The SMILES string of the molecule is CCc1cc2c(=O)n(CC(=O)c3cc(C)n(CCOC)c3C)cnc2s1. The second-order valence-corrected chi connectivity index (χ2v) is 7.43. The van der Waals surface area contributed by atoms with Crippen molar-refractivity contribution in [2.75, 3.05) is 13.7 Å². The first kappa shape index (κ1) is 18.5. The predicted octanol–water partition coefficient (Wildman–Crippen LogP) is 2.97. The number of ether oxygens (including phenoxy) is 1. The fraction of sp³-hybridized carbons (Fsp3) is 0.421.